The molecule has 1 atom stereocenters. The van der Waals surface area contributed by atoms with Crippen LogP contribution in [0.5, 0.6) is 0 Å². The summed E-state index contributed by atoms with van der Waals surface area (Å²) >= 11 is 6.16. The first kappa shape index (κ1) is 20.1. The second-order valence-corrected chi connectivity index (χ2v) is 7.66. The minimum atomic E-state index is -0.663. The van der Waals surface area contributed by atoms with Gasteiger partial charge in [-0.1, -0.05) is 54.1 Å². The molecule has 28 heavy (non-hydrogen) atoms. The van der Waals surface area contributed by atoms with Crippen LogP contribution in [0.4, 0.5) is 0 Å². The zero-order chi connectivity index (χ0) is 20.3. The zero-order valence-corrected chi connectivity index (χ0v) is 16.7. The largest absolute Gasteiger partial charge is 0.507 e. The highest BCUT2D eigenvalue weighted by Gasteiger charge is 2.45. The lowest BCUT2D eigenvalue weighted by molar-refractivity contribution is -0.858. The van der Waals surface area contributed by atoms with E-state index < -0.39 is 17.7 Å². The first-order valence-corrected chi connectivity index (χ1v) is 9.66. The number of benzene rings is 2. The van der Waals surface area contributed by atoms with Crippen LogP contribution < -0.4 is 4.90 Å². The number of aliphatic hydroxyl groups excluding tert-OH is 1. The number of Topliss-reactive ketones (excluding diaryl/α,β-unsaturated/α-hetero) is 1. The lowest BCUT2D eigenvalue weighted by atomic mass is 9.95. The molecule has 0 radical (unpaired) electrons. The average molecular weight is 400 g/mol. The Hall–Kier alpha value is -2.63. The summed E-state index contributed by atoms with van der Waals surface area (Å²) in [5.41, 5.74) is 1.32. The number of amides is 1. The molecule has 2 aromatic rings. The number of carbonyl (C=O) groups excluding carboxylic acids is 2. The van der Waals surface area contributed by atoms with Gasteiger partial charge in [0.05, 0.1) is 32.3 Å². The van der Waals surface area contributed by atoms with Crippen molar-refractivity contribution in [3.05, 3.63) is 76.3 Å². The van der Waals surface area contributed by atoms with Crippen LogP contribution in [0.1, 0.15) is 23.6 Å². The molecule has 3 rings (SSSR count). The number of aliphatic hydroxyl groups is 1. The Balaban J connectivity index is 2.08. The van der Waals surface area contributed by atoms with Crippen molar-refractivity contribution < 1.29 is 19.6 Å². The summed E-state index contributed by atoms with van der Waals surface area (Å²) in [6.07, 6.45) is 0.748. The van der Waals surface area contributed by atoms with Crippen molar-refractivity contribution in [3.63, 3.8) is 0 Å². The molecule has 5 nitrogen and oxygen atoms in total. The molecular formula is C22H24ClN2O3+. The SMILES string of the molecule is C[NH+](C)CCCN1C(=O)C(=O)C(=C(O)c2ccccc2)[C@@H]1c1cccc(Cl)c1. The summed E-state index contributed by atoms with van der Waals surface area (Å²) in [4.78, 5) is 28.4. The quantitative estimate of drug-likeness (QED) is 0.445. The van der Waals surface area contributed by atoms with Crippen LogP contribution in [0.3, 0.4) is 0 Å². The molecule has 0 aromatic heterocycles. The number of hydrogen-bond donors (Lipinski definition) is 2. The van der Waals surface area contributed by atoms with E-state index in [-0.39, 0.29) is 11.3 Å². The van der Waals surface area contributed by atoms with Crippen LogP contribution >= 0.6 is 11.6 Å². The third-order valence-corrected chi connectivity index (χ3v) is 5.06. The maximum atomic E-state index is 12.8. The second kappa shape index (κ2) is 8.59. The minimum absolute atomic E-state index is 0.107. The highest BCUT2D eigenvalue weighted by atomic mass is 35.5. The zero-order valence-electron chi connectivity index (χ0n) is 16.0. The van der Waals surface area contributed by atoms with E-state index in [0.717, 1.165) is 13.0 Å². The topological polar surface area (TPSA) is 62.0 Å². The fourth-order valence-corrected chi connectivity index (χ4v) is 3.69. The van der Waals surface area contributed by atoms with E-state index in [9.17, 15) is 14.7 Å². The molecule has 146 valence electrons. The maximum absolute atomic E-state index is 12.8. The summed E-state index contributed by atoms with van der Waals surface area (Å²) in [5.74, 6) is -1.41. The van der Waals surface area contributed by atoms with Crippen LogP contribution in [0, 0.1) is 0 Å². The van der Waals surface area contributed by atoms with E-state index in [4.69, 9.17) is 11.6 Å². The fraction of sp³-hybridized carbons (Fsp3) is 0.273. The van der Waals surface area contributed by atoms with Gasteiger partial charge in [-0.2, -0.15) is 0 Å². The molecule has 2 N–H and O–H groups in total. The Kier molecular flexibility index (Phi) is 6.17. The number of rotatable bonds is 6. The maximum Gasteiger partial charge on any atom is 0.295 e. The van der Waals surface area contributed by atoms with Gasteiger partial charge in [-0.15, -0.1) is 0 Å². The molecule has 1 heterocycles. The lowest BCUT2D eigenvalue weighted by Gasteiger charge is -2.25. The first-order chi connectivity index (χ1) is 13.4. The average Bonchev–Trinajstić information content (AvgIpc) is 2.93. The van der Waals surface area contributed by atoms with E-state index in [1.165, 1.54) is 4.90 Å². The molecule has 1 fully saturated rings. The summed E-state index contributed by atoms with van der Waals surface area (Å²) in [6, 6.07) is 15.2. The smallest absolute Gasteiger partial charge is 0.295 e. The number of nitrogens with zero attached hydrogens (tertiary/aromatic N) is 1. The number of likely N-dealkylation sites (tertiary alicyclic amines) is 1. The van der Waals surface area contributed by atoms with Gasteiger partial charge in [0.2, 0.25) is 0 Å². The molecule has 1 aliphatic heterocycles. The van der Waals surface area contributed by atoms with Gasteiger partial charge in [-0.05, 0) is 17.7 Å². The third-order valence-electron chi connectivity index (χ3n) is 4.83. The number of halogens is 1. The second-order valence-electron chi connectivity index (χ2n) is 7.22. The molecule has 1 amide bonds. The third kappa shape index (κ3) is 4.11. The number of quaternary nitrogens is 1. The number of nitrogens with one attached hydrogen (secondary N) is 1. The molecule has 0 spiro atoms. The van der Waals surface area contributed by atoms with Gasteiger partial charge in [0.25, 0.3) is 11.7 Å². The van der Waals surface area contributed by atoms with Crippen molar-refractivity contribution in [2.24, 2.45) is 0 Å². The van der Waals surface area contributed by atoms with Gasteiger partial charge in [0.1, 0.15) is 5.76 Å². The van der Waals surface area contributed by atoms with E-state index in [2.05, 4.69) is 0 Å². The Morgan fingerprint density at radius 1 is 1.11 bits per heavy atom. The number of ketones is 1. The van der Waals surface area contributed by atoms with Crippen LogP contribution in [-0.4, -0.2) is 48.9 Å². The van der Waals surface area contributed by atoms with E-state index in [1.54, 1.807) is 47.4 Å². The van der Waals surface area contributed by atoms with Crippen molar-refractivity contribution in [1.82, 2.24) is 4.90 Å². The van der Waals surface area contributed by atoms with Gasteiger partial charge in [-0.3, -0.25) is 9.59 Å². The summed E-state index contributed by atoms with van der Waals surface area (Å²) < 4.78 is 0. The molecule has 6 heteroatoms. The van der Waals surface area contributed by atoms with Crippen molar-refractivity contribution in [1.29, 1.82) is 0 Å². The summed E-state index contributed by atoms with van der Waals surface area (Å²) in [5, 5.41) is 11.4. The molecular weight excluding hydrogens is 376 g/mol. The lowest BCUT2D eigenvalue weighted by Crippen LogP contribution is -3.05. The molecule has 0 saturated carbocycles. The first-order valence-electron chi connectivity index (χ1n) is 9.28. The standard InChI is InChI=1S/C22H23ClN2O3/c1-24(2)12-7-13-25-19(16-10-6-11-17(23)14-16)18(21(27)22(25)28)20(26)15-8-4-3-5-9-15/h3-6,8-11,14,19,26H,7,12-13H2,1-2H3/p+1/t19-/m0/s1. The van der Waals surface area contributed by atoms with Gasteiger partial charge < -0.3 is 14.9 Å². The van der Waals surface area contributed by atoms with Crippen LogP contribution in [0.2, 0.25) is 5.02 Å². The molecule has 1 aliphatic rings. The molecule has 1 saturated heterocycles. The monoisotopic (exact) mass is 399 g/mol. The van der Waals surface area contributed by atoms with Crippen LogP contribution in [-0.2, 0) is 9.59 Å². The Bertz CT molecular complexity index is 909. The van der Waals surface area contributed by atoms with Crippen molar-refractivity contribution in [3.8, 4) is 0 Å². The van der Waals surface area contributed by atoms with Crippen molar-refractivity contribution >= 4 is 29.1 Å². The predicted molar refractivity (Wildman–Crippen MR) is 109 cm³/mol. The van der Waals surface area contributed by atoms with Gasteiger partial charge in [0.15, 0.2) is 0 Å². The number of carbonyl (C=O) groups is 2. The molecule has 0 unspecified atom stereocenters. The fourth-order valence-electron chi connectivity index (χ4n) is 3.49. The summed E-state index contributed by atoms with van der Waals surface area (Å²) in [7, 11) is 4.08. The minimum Gasteiger partial charge on any atom is -0.507 e. The van der Waals surface area contributed by atoms with E-state index in [1.807, 2.05) is 26.2 Å². The van der Waals surface area contributed by atoms with Crippen molar-refractivity contribution in [2.45, 2.75) is 12.5 Å². The molecule has 0 aliphatic carbocycles. The Morgan fingerprint density at radius 3 is 2.46 bits per heavy atom. The normalized spacial score (nSPS) is 18.9. The van der Waals surface area contributed by atoms with Gasteiger partial charge in [0, 0.05) is 23.6 Å². The summed E-state index contributed by atoms with van der Waals surface area (Å²) in [6.45, 7) is 1.29. The van der Waals surface area contributed by atoms with E-state index >= 15 is 0 Å². The van der Waals surface area contributed by atoms with Crippen LogP contribution in [0.25, 0.3) is 5.76 Å². The Labute approximate surface area is 169 Å². The van der Waals surface area contributed by atoms with E-state index in [0.29, 0.717) is 22.7 Å². The Morgan fingerprint density at radius 2 is 1.82 bits per heavy atom. The van der Waals surface area contributed by atoms with Crippen molar-refractivity contribution in [2.75, 3.05) is 27.2 Å². The highest BCUT2D eigenvalue weighted by Crippen LogP contribution is 2.39. The van der Waals surface area contributed by atoms with Gasteiger partial charge >= 0.3 is 0 Å². The highest BCUT2D eigenvalue weighted by molar-refractivity contribution is 6.46. The molecule has 2 aromatic carbocycles. The molecule has 0 bridgehead atoms. The predicted octanol–water partition coefficient (Wildman–Crippen LogP) is 2.30. The number of hydrogen-bond acceptors (Lipinski definition) is 3. The van der Waals surface area contributed by atoms with Gasteiger partial charge in [-0.25, -0.2) is 0 Å². The van der Waals surface area contributed by atoms with Crippen LogP contribution in [0.15, 0.2) is 60.2 Å².